The zero-order chi connectivity index (χ0) is 8.28. The van der Waals surface area contributed by atoms with Crippen molar-refractivity contribution in [3.8, 4) is 0 Å². The molecule has 1 unspecified atom stereocenters. The van der Waals surface area contributed by atoms with Gasteiger partial charge in [0.15, 0.2) is 0 Å². The van der Waals surface area contributed by atoms with Crippen molar-refractivity contribution in [1.82, 2.24) is 0 Å². The molecule has 0 aliphatic heterocycles. The zero-order valence-corrected chi connectivity index (χ0v) is 7.72. The molecular formula is C10H18O. The summed E-state index contributed by atoms with van der Waals surface area (Å²) in [7, 11) is 0. The van der Waals surface area contributed by atoms with Crippen LogP contribution in [0.3, 0.4) is 0 Å². The van der Waals surface area contributed by atoms with Crippen LogP contribution in [0, 0.1) is 17.3 Å². The van der Waals surface area contributed by atoms with Crippen molar-refractivity contribution in [3.05, 3.63) is 0 Å². The van der Waals surface area contributed by atoms with Crippen molar-refractivity contribution < 1.29 is 5.11 Å². The lowest BCUT2D eigenvalue weighted by atomic mass is 9.90. The van der Waals surface area contributed by atoms with Gasteiger partial charge >= 0.3 is 0 Å². The molecule has 0 radical (unpaired) electrons. The van der Waals surface area contributed by atoms with Gasteiger partial charge in [-0.15, -0.1) is 0 Å². The quantitative estimate of drug-likeness (QED) is 0.614. The normalized spacial score (nSPS) is 54.8. The van der Waals surface area contributed by atoms with Gasteiger partial charge in [-0.25, -0.2) is 0 Å². The molecule has 0 bridgehead atoms. The summed E-state index contributed by atoms with van der Waals surface area (Å²) in [5, 5.41) is 9.92. The van der Waals surface area contributed by atoms with E-state index in [-0.39, 0.29) is 5.60 Å². The monoisotopic (exact) mass is 154 g/mol. The van der Waals surface area contributed by atoms with Crippen molar-refractivity contribution in [2.75, 3.05) is 0 Å². The Morgan fingerprint density at radius 3 is 2.18 bits per heavy atom. The van der Waals surface area contributed by atoms with E-state index in [1.807, 2.05) is 6.92 Å². The maximum absolute atomic E-state index is 9.92. The summed E-state index contributed by atoms with van der Waals surface area (Å²) in [5.74, 6) is 1.39. The van der Waals surface area contributed by atoms with Gasteiger partial charge in [0.25, 0.3) is 0 Å². The van der Waals surface area contributed by atoms with Crippen LogP contribution < -0.4 is 0 Å². The summed E-state index contributed by atoms with van der Waals surface area (Å²) >= 11 is 0. The Morgan fingerprint density at radius 1 is 1.36 bits per heavy atom. The molecule has 0 saturated heterocycles. The highest BCUT2D eigenvalue weighted by Crippen LogP contribution is 2.70. The molecule has 1 N–H and O–H groups in total. The Balaban J connectivity index is 2.17. The molecule has 0 aromatic carbocycles. The molecule has 1 nitrogen and oxygen atoms in total. The van der Waals surface area contributed by atoms with Gasteiger partial charge in [0.1, 0.15) is 0 Å². The first-order valence-corrected chi connectivity index (χ1v) is 4.71. The first kappa shape index (κ1) is 7.60. The lowest BCUT2D eigenvalue weighted by Crippen LogP contribution is -2.23. The minimum Gasteiger partial charge on any atom is -0.390 e. The number of rotatable bonds is 1. The third-order valence-corrected chi connectivity index (χ3v) is 4.12. The second kappa shape index (κ2) is 1.82. The summed E-state index contributed by atoms with van der Waals surface area (Å²) in [6.07, 6.45) is 3.55. The smallest absolute Gasteiger partial charge is 0.0653 e. The fraction of sp³-hybridized carbons (Fsp3) is 1.00. The molecule has 2 saturated carbocycles. The van der Waals surface area contributed by atoms with Crippen LogP contribution in [0.25, 0.3) is 0 Å². The van der Waals surface area contributed by atoms with E-state index >= 15 is 0 Å². The van der Waals surface area contributed by atoms with Gasteiger partial charge in [-0.1, -0.05) is 13.8 Å². The predicted octanol–water partition coefficient (Wildman–Crippen LogP) is 2.19. The first-order valence-electron chi connectivity index (χ1n) is 4.71. The molecule has 0 spiro atoms. The highest BCUT2D eigenvalue weighted by Gasteiger charge is 2.67. The summed E-state index contributed by atoms with van der Waals surface area (Å²) in [6.45, 7) is 6.59. The number of aliphatic hydroxyl groups is 1. The fourth-order valence-electron chi connectivity index (χ4n) is 3.02. The topological polar surface area (TPSA) is 20.2 Å². The maximum Gasteiger partial charge on any atom is 0.0653 e. The van der Waals surface area contributed by atoms with E-state index in [1.165, 1.54) is 12.8 Å². The van der Waals surface area contributed by atoms with E-state index < -0.39 is 0 Å². The van der Waals surface area contributed by atoms with Gasteiger partial charge < -0.3 is 5.11 Å². The molecule has 2 rings (SSSR count). The molecule has 11 heavy (non-hydrogen) atoms. The van der Waals surface area contributed by atoms with Crippen LogP contribution in [0.2, 0.25) is 0 Å². The molecule has 2 aliphatic rings. The minimum absolute atomic E-state index is 0.329. The molecule has 2 aliphatic carbocycles. The molecule has 0 heterocycles. The van der Waals surface area contributed by atoms with Gasteiger partial charge in [0.05, 0.1) is 5.60 Å². The highest BCUT2D eigenvalue weighted by molar-refractivity contribution is 5.16. The standard InChI is InChI=1S/C10H18O/c1-7(2)10-5-4-9(3,11)8(10)6-10/h7-8,11H,4-6H2,1-3H3/t8-,9?,10+/m0/s1. The van der Waals surface area contributed by atoms with Gasteiger partial charge in [0.2, 0.25) is 0 Å². The minimum atomic E-state index is -0.329. The van der Waals surface area contributed by atoms with Gasteiger partial charge in [0, 0.05) is 0 Å². The summed E-state index contributed by atoms with van der Waals surface area (Å²) < 4.78 is 0. The van der Waals surface area contributed by atoms with Gasteiger partial charge in [-0.3, -0.25) is 0 Å². The van der Waals surface area contributed by atoms with E-state index in [0.717, 1.165) is 12.3 Å². The van der Waals surface area contributed by atoms with Crippen molar-refractivity contribution in [3.63, 3.8) is 0 Å². The van der Waals surface area contributed by atoms with E-state index in [9.17, 15) is 5.11 Å². The Hall–Kier alpha value is -0.0400. The van der Waals surface area contributed by atoms with Crippen LogP contribution in [0.4, 0.5) is 0 Å². The molecule has 0 amide bonds. The second-order valence-electron chi connectivity index (χ2n) is 5.00. The van der Waals surface area contributed by atoms with Crippen LogP contribution in [0.5, 0.6) is 0 Å². The van der Waals surface area contributed by atoms with Gasteiger partial charge in [-0.2, -0.15) is 0 Å². The Morgan fingerprint density at radius 2 is 2.00 bits per heavy atom. The largest absolute Gasteiger partial charge is 0.390 e. The average molecular weight is 154 g/mol. The van der Waals surface area contributed by atoms with Crippen molar-refractivity contribution >= 4 is 0 Å². The third kappa shape index (κ3) is 0.807. The van der Waals surface area contributed by atoms with Crippen molar-refractivity contribution in [1.29, 1.82) is 0 Å². The predicted molar refractivity (Wildman–Crippen MR) is 45.2 cm³/mol. The molecular weight excluding hydrogens is 136 g/mol. The molecule has 0 aromatic rings. The lowest BCUT2D eigenvalue weighted by Gasteiger charge is -2.17. The van der Waals surface area contributed by atoms with Crippen molar-refractivity contribution in [2.45, 2.75) is 45.6 Å². The number of hydrogen-bond donors (Lipinski definition) is 1. The van der Waals surface area contributed by atoms with E-state index in [1.54, 1.807) is 0 Å². The summed E-state index contributed by atoms with van der Waals surface area (Å²) in [4.78, 5) is 0. The number of fused-ring (bicyclic) bond motifs is 1. The van der Waals surface area contributed by atoms with Crippen LogP contribution in [-0.2, 0) is 0 Å². The first-order chi connectivity index (χ1) is 4.99. The van der Waals surface area contributed by atoms with E-state index in [4.69, 9.17) is 0 Å². The van der Waals surface area contributed by atoms with Crippen LogP contribution in [-0.4, -0.2) is 10.7 Å². The number of hydrogen-bond acceptors (Lipinski definition) is 1. The molecule has 1 heteroatoms. The molecule has 2 fully saturated rings. The fourth-order valence-corrected chi connectivity index (χ4v) is 3.02. The van der Waals surface area contributed by atoms with E-state index in [2.05, 4.69) is 13.8 Å². The van der Waals surface area contributed by atoms with Crippen LogP contribution in [0.15, 0.2) is 0 Å². The van der Waals surface area contributed by atoms with Crippen LogP contribution >= 0.6 is 0 Å². The molecule has 64 valence electrons. The Bertz CT molecular complexity index is 183. The van der Waals surface area contributed by atoms with Crippen molar-refractivity contribution in [2.24, 2.45) is 17.3 Å². The molecule has 3 atom stereocenters. The van der Waals surface area contributed by atoms with E-state index in [0.29, 0.717) is 11.3 Å². The second-order valence-corrected chi connectivity index (χ2v) is 5.00. The van der Waals surface area contributed by atoms with Crippen LogP contribution in [0.1, 0.15) is 40.0 Å². The zero-order valence-electron chi connectivity index (χ0n) is 7.72. The Labute approximate surface area is 68.8 Å². The maximum atomic E-state index is 9.92. The highest BCUT2D eigenvalue weighted by atomic mass is 16.3. The lowest BCUT2D eigenvalue weighted by molar-refractivity contribution is 0.0426. The molecule has 0 aromatic heterocycles. The summed E-state index contributed by atoms with van der Waals surface area (Å²) in [6, 6.07) is 0. The summed E-state index contributed by atoms with van der Waals surface area (Å²) in [5.41, 5.74) is 0.216. The third-order valence-electron chi connectivity index (χ3n) is 4.12. The Kier molecular flexibility index (Phi) is 1.26. The van der Waals surface area contributed by atoms with Gasteiger partial charge in [-0.05, 0) is 43.4 Å². The average Bonchev–Trinajstić information content (AvgIpc) is 2.54. The SMILES string of the molecule is CC(C)[C@]12CCC(C)(O)[C@@H]1C2.